The van der Waals surface area contributed by atoms with E-state index in [1.54, 1.807) is 10.6 Å². The molecule has 1 unspecified atom stereocenters. The molecule has 0 aliphatic heterocycles. The lowest BCUT2D eigenvalue weighted by atomic mass is 10.1. The number of rotatable bonds is 7. The van der Waals surface area contributed by atoms with Gasteiger partial charge in [-0.1, -0.05) is 18.5 Å². The fourth-order valence-electron chi connectivity index (χ4n) is 2.18. The van der Waals surface area contributed by atoms with Crippen LogP contribution in [0.25, 0.3) is 0 Å². The quantitative estimate of drug-likeness (QED) is 0.696. The molecule has 2 N–H and O–H groups in total. The Hall–Kier alpha value is -2.29. The third kappa shape index (κ3) is 5.10. The van der Waals surface area contributed by atoms with Gasteiger partial charge in [0.05, 0.1) is 24.1 Å². The van der Waals surface area contributed by atoms with E-state index in [0.29, 0.717) is 23.2 Å². The molecule has 6 nitrogen and oxygen atoms in total. The number of halogens is 4. The van der Waals surface area contributed by atoms with Crippen molar-refractivity contribution in [3.8, 4) is 0 Å². The zero-order valence-corrected chi connectivity index (χ0v) is 15.0. The third-order valence-corrected chi connectivity index (χ3v) is 4.03. The molecule has 2 aromatic heterocycles. The molecule has 2 rings (SSSR count). The summed E-state index contributed by atoms with van der Waals surface area (Å²) in [6.45, 7) is 3.55. The van der Waals surface area contributed by atoms with Gasteiger partial charge in [0.15, 0.2) is 5.69 Å². The molecule has 0 radical (unpaired) electrons. The second-order valence-corrected chi connectivity index (χ2v) is 6.10. The molecule has 0 aromatic carbocycles. The summed E-state index contributed by atoms with van der Waals surface area (Å²) in [5, 5.41) is 5.82. The first-order chi connectivity index (χ1) is 12.2. The van der Waals surface area contributed by atoms with Crippen molar-refractivity contribution in [3.05, 3.63) is 35.5 Å². The Kier molecular flexibility index (Phi) is 6.47. The Morgan fingerprint density at radius 3 is 2.65 bits per heavy atom. The Bertz CT molecular complexity index is 745. The number of hydrogen-bond acceptors (Lipinski definition) is 4. The van der Waals surface area contributed by atoms with Gasteiger partial charge in [-0.2, -0.15) is 13.2 Å². The number of pyridine rings is 1. The van der Waals surface area contributed by atoms with Crippen LogP contribution < -0.4 is 10.6 Å². The first-order valence-electron chi connectivity index (χ1n) is 8.01. The summed E-state index contributed by atoms with van der Waals surface area (Å²) in [6, 6.07) is 3.11. The molecule has 2 aromatic rings. The molecule has 0 saturated carbocycles. The smallest absolute Gasteiger partial charge is 0.369 e. The van der Waals surface area contributed by atoms with Gasteiger partial charge >= 0.3 is 6.18 Å². The van der Waals surface area contributed by atoms with Crippen molar-refractivity contribution in [2.24, 2.45) is 5.92 Å². The van der Waals surface area contributed by atoms with Crippen LogP contribution in [0.3, 0.4) is 0 Å². The van der Waals surface area contributed by atoms with E-state index in [-0.39, 0.29) is 18.7 Å². The summed E-state index contributed by atoms with van der Waals surface area (Å²) in [6.07, 6.45) is -1.49. The van der Waals surface area contributed by atoms with Crippen molar-refractivity contribution in [3.63, 3.8) is 0 Å². The van der Waals surface area contributed by atoms with Crippen LogP contribution in [0.4, 0.5) is 24.7 Å². The number of aryl methyl sites for hydroxylation is 1. The molecule has 1 atom stereocenters. The molecule has 0 fully saturated rings. The Morgan fingerprint density at radius 2 is 2.08 bits per heavy atom. The molecule has 0 aliphatic rings. The average Bonchev–Trinajstić information content (AvgIpc) is 2.99. The van der Waals surface area contributed by atoms with Crippen molar-refractivity contribution in [1.29, 1.82) is 0 Å². The molecule has 26 heavy (non-hydrogen) atoms. The molecule has 1 amide bonds. The van der Waals surface area contributed by atoms with Crippen molar-refractivity contribution in [2.45, 2.75) is 33.0 Å². The SMILES string of the molecule is CCn1cnc(C(=O)Nc2ccc(Cl)nc2)c1NCCC(C)C(F)(F)F. The van der Waals surface area contributed by atoms with Crippen molar-refractivity contribution in [1.82, 2.24) is 14.5 Å². The first-order valence-corrected chi connectivity index (χ1v) is 8.38. The van der Waals surface area contributed by atoms with E-state index in [1.807, 2.05) is 6.92 Å². The van der Waals surface area contributed by atoms with Crippen LogP contribution in [0, 0.1) is 5.92 Å². The lowest BCUT2D eigenvalue weighted by Gasteiger charge is -2.17. The van der Waals surface area contributed by atoms with Gasteiger partial charge in [0.25, 0.3) is 5.91 Å². The van der Waals surface area contributed by atoms with E-state index in [2.05, 4.69) is 20.6 Å². The highest BCUT2D eigenvalue weighted by molar-refractivity contribution is 6.29. The fourth-order valence-corrected chi connectivity index (χ4v) is 2.30. The molecule has 0 aliphatic carbocycles. The highest BCUT2D eigenvalue weighted by atomic mass is 35.5. The van der Waals surface area contributed by atoms with Crippen LogP contribution in [0.1, 0.15) is 30.8 Å². The molecule has 0 spiro atoms. The first kappa shape index (κ1) is 20.0. The number of anilines is 2. The number of hydrogen-bond donors (Lipinski definition) is 2. The number of carbonyl (C=O) groups excluding carboxylic acids is 1. The number of amides is 1. The second-order valence-electron chi connectivity index (χ2n) is 5.71. The maximum atomic E-state index is 12.6. The number of nitrogens with one attached hydrogen (secondary N) is 2. The molecule has 10 heteroatoms. The van der Waals surface area contributed by atoms with E-state index in [4.69, 9.17) is 11.6 Å². The summed E-state index contributed by atoms with van der Waals surface area (Å²) in [7, 11) is 0. The summed E-state index contributed by atoms with van der Waals surface area (Å²) >= 11 is 5.70. The minimum Gasteiger partial charge on any atom is -0.369 e. The fraction of sp³-hybridized carbons (Fsp3) is 0.438. The zero-order valence-electron chi connectivity index (χ0n) is 14.3. The summed E-state index contributed by atoms with van der Waals surface area (Å²) in [5.41, 5.74) is 0.531. The Labute approximate surface area is 153 Å². The summed E-state index contributed by atoms with van der Waals surface area (Å²) in [4.78, 5) is 20.4. The largest absolute Gasteiger partial charge is 0.391 e. The average molecular weight is 390 g/mol. The summed E-state index contributed by atoms with van der Waals surface area (Å²) < 4.78 is 39.5. The Morgan fingerprint density at radius 1 is 1.35 bits per heavy atom. The number of imidazole rings is 1. The molecule has 142 valence electrons. The topological polar surface area (TPSA) is 71.8 Å². The minimum atomic E-state index is -4.24. The molecule has 2 heterocycles. The van der Waals surface area contributed by atoms with Crippen LogP contribution >= 0.6 is 11.6 Å². The van der Waals surface area contributed by atoms with Gasteiger partial charge in [-0.25, -0.2) is 9.97 Å². The van der Waals surface area contributed by atoms with E-state index < -0.39 is 18.0 Å². The standard InChI is InChI=1S/C16H19ClF3N5O/c1-3-25-9-23-13(14(25)21-7-6-10(2)16(18,19)20)15(26)24-11-4-5-12(17)22-8-11/h4-5,8-10,21H,3,6-7H2,1-2H3,(H,24,26). The van der Waals surface area contributed by atoms with Crippen molar-refractivity contribution in [2.75, 3.05) is 17.2 Å². The van der Waals surface area contributed by atoms with Gasteiger partial charge in [-0.05, 0) is 25.5 Å². The van der Waals surface area contributed by atoms with E-state index in [1.165, 1.54) is 18.6 Å². The molecule has 0 saturated heterocycles. The maximum Gasteiger partial charge on any atom is 0.391 e. The second kappa shape index (κ2) is 8.39. The van der Waals surface area contributed by atoms with Crippen LogP contribution in [-0.2, 0) is 6.54 Å². The highest BCUT2D eigenvalue weighted by Crippen LogP contribution is 2.28. The van der Waals surface area contributed by atoms with Crippen LogP contribution in [0.5, 0.6) is 0 Å². The predicted octanol–water partition coefficient (Wildman–Crippen LogP) is 4.20. The predicted molar refractivity (Wildman–Crippen MR) is 93.4 cm³/mol. The molecular formula is C16H19ClF3N5O. The Balaban J connectivity index is 2.08. The molecular weight excluding hydrogens is 371 g/mol. The van der Waals surface area contributed by atoms with Gasteiger partial charge < -0.3 is 15.2 Å². The summed E-state index contributed by atoms with van der Waals surface area (Å²) in [5.74, 6) is -1.56. The maximum absolute atomic E-state index is 12.6. The van der Waals surface area contributed by atoms with Gasteiger partial charge in [-0.3, -0.25) is 4.79 Å². The van der Waals surface area contributed by atoms with Gasteiger partial charge in [-0.15, -0.1) is 0 Å². The van der Waals surface area contributed by atoms with E-state index in [9.17, 15) is 18.0 Å². The number of nitrogens with zero attached hydrogens (tertiary/aromatic N) is 3. The lowest BCUT2D eigenvalue weighted by Crippen LogP contribution is -2.23. The van der Waals surface area contributed by atoms with Gasteiger partial charge in [0.2, 0.25) is 0 Å². The van der Waals surface area contributed by atoms with Crippen LogP contribution in [0.15, 0.2) is 24.7 Å². The van der Waals surface area contributed by atoms with Crippen molar-refractivity contribution >= 4 is 29.0 Å². The number of carbonyl (C=O) groups is 1. The van der Waals surface area contributed by atoms with Crippen LogP contribution in [-0.4, -0.2) is 33.2 Å². The van der Waals surface area contributed by atoms with Gasteiger partial charge in [0.1, 0.15) is 11.0 Å². The number of alkyl halides is 3. The third-order valence-electron chi connectivity index (χ3n) is 3.81. The highest BCUT2D eigenvalue weighted by Gasteiger charge is 2.35. The van der Waals surface area contributed by atoms with E-state index in [0.717, 1.165) is 6.92 Å². The molecule has 0 bridgehead atoms. The van der Waals surface area contributed by atoms with Crippen LogP contribution in [0.2, 0.25) is 5.15 Å². The van der Waals surface area contributed by atoms with Crippen molar-refractivity contribution < 1.29 is 18.0 Å². The lowest BCUT2D eigenvalue weighted by molar-refractivity contribution is -0.170. The van der Waals surface area contributed by atoms with E-state index >= 15 is 0 Å². The zero-order chi connectivity index (χ0) is 19.3. The normalized spacial score (nSPS) is 12.7. The monoisotopic (exact) mass is 389 g/mol. The van der Waals surface area contributed by atoms with Gasteiger partial charge in [0, 0.05) is 13.1 Å². The minimum absolute atomic E-state index is 0.0646. The number of aromatic nitrogens is 3.